The van der Waals surface area contributed by atoms with E-state index >= 15 is 0 Å². The highest BCUT2D eigenvalue weighted by Crippen LogP contribution is 2.41. The van der Waals surface area contributed by atoms with Crippen LogP contribution in [0, 0.1) is 6.92 Å². The lowest BCUT2D eigenvalue weighted by atomic mass is 10.1. The summed E-state index contributed by atoms with van der Waals surface area (Å²) in [6, 6.07) is 18.0. The van der Waals surface area contributed by atoms with Crippen molar-refractivity contribution in [1.82, 2.24) is 19.6 Å². The zero-order valence-corrected chi connectivity index (χ0v) is 15.2. The second-order valence-electron chi connectivity index (χ2n) is 7.21. The molecule has 0 saturated heterocycles. The molecule has 27 heavy (non-hydrogen) atoms. The molecule has 1 saturated carbocycles. The van der Waals surface area contributed by atoms with Gasteiger partial charge in [-0.15, -0.1) is 0 Å². The summed E-state index contributed by atoms with van der Waals surface area (Å²) >= 11 is 0. The lowest BCUT2D eigenvalue weighted by molar-refractivity contribution is 0.626. The van der Waals surface area contributed by atoms with Crippen molar-refractivity contribution in [2.45, 2.75) is 32.2 Å². The summed E-state index contributed by atoms with van der Waals surface area (Å²) in [5.41, 5.74) is 4.61. The Morgan fingerprint density at radius 2 is 1.78 bits per heavy atom. The third kappa shape index (κ3) is 2.76. The molecular weight excluding hydrogens is 336 g/mol. The molecule has 4 aromatic rings. The predicted molar refractivity (Wildman–Crippen MR) is 105 cm³/mol. The van der Waals surface area contributed by atoms with E-state index in [-0.39, 0.29) is 5.56 Å². The minimum atomic E-state index is -0.0981. The summed E-state index contributed by atoms with van der Waals surface area (Å²) in [5.74, 6) is 0.435. The molecular formula is C22H20N4O. The van der Waals surface area contributed by atoms with Gasteiger partial charge in [-0.3, -0.25) is 4.79 Å². The Kier molecular flexibility index (Phi) is 3.67. The molecule has 2 aromatic carbocycles. The van der Waals surface area contributed by atoms with Crippen LogP contribution in [0.2, 0.25) is 0 Å². The number of hydrogen-bond donors (Lipinski definition) is 0. The third-order valence-electron chi connectivity index (χ3n) is 5.19. The molecule has 5 rings (SSSR count). The van der Waals surface area contributed by atoms with Gasteiger partial charge in [0, 0.05) is 11.3 Å². The summed E-state index contributed by atoms with van der Waals surface area (Å²) in [6.07, 6.45) is 4.05. The maximum atomic E-state index is 13.3. The van der Waals surface area contributed by atoms with E-state index in [9.17, 15) is 4.79 Å². The molecule has 0 amide bonds. The van der Waals surface area contributed by atoms with Crippen molar-refractivity contribution in [3.63, 3.8) is 0 Å². The van der Waals surface area contributed by atoms with Gasteiger partial charge in [0.15, 0.2) is 0 Å². The van der Waals surface area contributed by atoms with Gasteiger partial charge in [0.05, 0.1) is 24.1 Å². The van der Waals surface area contributed by atoms with Gasteiger partial charge in [0.1, 0.15) is 5.52 Å². The second kappa shape index (κ2) is 6.20. The molecule has 134 valence electrons. The quantitative estimate of drug-likeness (QED) is 0.559. The van der Waals surface area contributed by atoms with Crippen LogP contribution in [0.3, 0.4) is 0 Å². The highest BCUT2D eigenvalue weighted by Gasteiger charge is 2.30. The number of para-hydroxylation sites is 1. The van der Waals surface area contributed by atoms with Crippen LogP contribution in [-0.4, -0.2) is 19.6 Å². The molecule has 5 nitrogen and oxygen atoms in total. The van der Waals surface area contributed by atoms with Gasteiger partial charge in [-0.25, -0.2) is 9.36 Å². The fourth-order valence-electron chi connectivity index (χ4n) is 3.60. The summed E-state index contributed by atoms with van der Waals surface area (Å²) in [4.78, 5) is 13.3. The third-order valence-corrected chi connectivity index (χ3v) is 5.19. The van der Waals surface area contributed by atoms with E-state index in [1.807, 2.05) is 61.5 Å². The lowest BCUT2D eigenvalue weighted by Crippen LogP contribution is -2.26. The van der Waals surface area contributed by atoms with Crippen molar-refractivity contribution in [2.24, 2.45) is 0 Å². The van der Waals surface area contributed by atoms with Crippen LogP contribution in [-0.2, 0) is 6.54 Å². The molecule has 0 spiro atoms. The van der Waals surface area contributed by atoms with Gasteiger partial charge < -0.3 is 0 Å². The monoisotopic (exact) mass is 356 g/mol. The molecule has 0 radical (unpaired) electrons. The Balaban J connectivity index is 1.75. The number of aryl methyl sites for hydroxylation is 1. The highest BCUT2D eigenvalue weighted by molar-refractivity contribution is 5.82. The molecule has 1 aliphatic rings. The summed E-state index contributed by atoms with van der Waals surface area (Å²) in [5, 5.41) is 10.2. The fraction of sp³-hybridized carbons (Fsp3) is 0.227. The minimum Gasteiger partial charge on any atom is -0.265 e. The molecule has 2 heterocycles. The van der Waals surface area contributed by atoms with Gasteiger partial charge in [0.2, 0.25) is 0 Å². The van der Waals surface area contributed by atoms with Crippen molar-refractivity contribution in [3.8, 4) is 5.69 Å². The van der Waals surface area contributed by atoms with E-state index in [2.05, 4.69) is 5.10 Å². The first-order valence-corrected chi connectivity index (χ1v) is 9.31. The Morgan fingerprint density at radius 1 is 1.04 bits per heavy atom. The molecule has 1 fully saturated rings. The topological polar surface area (TPSA) is 52.7 Å². The normalized spacial score (nSPS) is 14.0. The van der Waals surface area contributed by atoms with E-state index < -0.39 is 0 Å². The maximum absolute atomic E-state index is 13.3. The largest absolute Gasteiger partial charge is 0.293 e. The van der Waals surface area contributed by atoms with E-state index in [1.165, 1.54) is 0 Å². The van der Waals surface area contributed by atoms with E-state index in [0.717, 1.165) is 40.7 Å². The summed E-state index contributed by atoms with van der Waals surface area (Å²) in [6.45, 7) is 2.50. The first-order valence-electron chi connectivity index (χ1n) is 9.31. The average molecular weight is 356 g/mol. The number of aromatic nitrogens is 4. The highest BCUT2D eigenvalue weighted by atomic mass is 16.1. The Bertz CT molecular complexity index is 1190. The fourth-order valence-corrected chi connectivity index (χ4v) is 3.60. The van der Waals surface area contributed by atoms with Crippen LogP contribution in [0.5, 0.6) is 0 Å². The second-order valence-corrected chi connectivity index (χ2v) is 7.21. The van der Waals surface area contributed by atoms with Gasteiger partial charge in [0.25, 0.3) is 5.56 Å². The first-order chi connectivity index (χ1) is 13.2. The maximum Gasteiger partial charge on any atom is 0.293 e. The molecule has 0 unspecified atom stereocenters. The number of nitrogens with zero attached hydrogens (tertiary/aromatic N) is 4. The average Bonchev–Trinajstić information content (AvgIpc) is 3.44. The van der Waals surface area contributed by atoms with Gasteiger partial charge in [-0.05, 0) is 37.0 Å². The molecule has 5 heteroatoms. The van der Waals surface area contributed by atoms with Crippen LogP contribution < -0.4 is 5.56 Å². The van der Waals surface area contributed by atoms with Crippen LogP contribution in [0.15, 0.2) is 65.6 Å². The van der Waals surface area contributed by atoms with Crippen molar-refractivity contribution < 1.29 is 0 Å². The van der Waals surface area contributed by atoms with Crippen LogP contribution in [0.4, 0.5) is 0 Å². The van der Waals surface area contributed by atoms with Crippen LogP contribution in [0.25, 0.3) is 16.6 Å². The van der Waals surface area contributed by atoms with Crippen molar-refractivity contribution >= 4 is 10.9 Å². The van der Waals surface area contributed by atoms with E-state index in [1.54, 1.807) is 15.6 Å². The standard InChI is InChI=1S/C22H20N4O/c1-15-7-5-6-10-19(15)26-21-18(13-23-26)20(17-11-12-17)24-25(22(21)27)14-16-8-3-2-4-9-16/h2-10,13,17H,11-12,14H2,1H3. The van der Waals surface area contributed by atoms with E-state index in [4.69, 9.17) is 5.10 Å². The van der Waals surface area contributed by atoms with Gasteiger partial charge >= 0.3 is 0 Å². The SMILES string of the molecule is Cc1ccccc1-n1ncc2c(C3CC3)nn(Cc3ccccc3)c(=O)c21. The molecule has 1 aliphatic carbocycles. The van der Waals surface area contributed by atoms with Gasteiger partial charge in [-0.2, -0.15) is 10.2 Å². The lowest BCUT2D eigenvalue weighted by Gasteiger charge is -2.11. The minimum absolute atomic E-state index is 0.0981. The zero-order chi connectivity index (χ0) is 18.4. The molecule has 0 aliphatic heterocycles. The molecule has 0 N–H and O–H groups in total. The Morgan fingerprint density at radius 3 is 2.52 bits per heavy atom. The predicted octanol–water partition coefficient (Wildman–Crippen LogP) is 3.82. The van der Waals surface area contributed by atoms with E-state index in [0.29, 0.717) is 18.0 Å². The van der Waals surface area contributed by atoms with Gasteiger partial charge in [-0.1, -0.05) is 48.5 Å². The summed E-state index contributed by atoms with van der Waals surface area (Å²) < 4.78 is 3.38. The zero-order valence-electron chi connectivity index (χ0n) is 15.2. The first kappa shape index (κ1) is 16.0. The summed E-state index contributed by atoms with van der Waals surface area (Å²) in [7, 11) is 0. The number of benzene rings is 2. The number of hydrogen-bond acceptors (Lipinski definition) is 3. The van der Waals surface area contributed by atoms with Crippen LogP contribution >= 0.6 is 0 Å². The molecule has 2 aromatic heterocycles. The number of rotatable bonds is 4. The smallest absolute Gasteiger partial charge is 0.265 e. The Labute approximate surface area is 156 Å². The number of fused-ring (bicyclic) bond motifs is 1. The molecule has 0 bridgehead atoms. The van der Waals surface area contributed by atoms with Crippen molar-refractivity contribution in [2.75, 3.05) is 0 Å². The molecule has 0 atom stereocenters. The van der Waals surface area contributed by atoms with Crippen molar-refractivity contribution in [1.29, 1.82) is 0 Å². The Hall–Kier alpha value is -3.21. The van der Waals surface area contributed by atoms with Crippen molar-refractivity contribution in [3.05, 3.63) is 88.0 Å². The van der Waals surface area contributed by atoms with Crippen LogP contribution in [0.1, 0.15) is 35.6 Å².